The maximum absolute atomic E-state index is 12.5. The third-order valence-corrected chi connectivity index (χ3v) is 7.13. The van der Waals surface area contributed by atoms with Gasteiger partial charge in [0.05, 0.1) is 11.5 Å². The van der Waals surface area contributed by atoms with E-state index in [0.717, 1.165) is 25.9 Å². The first-order valence-electron chi connectivity index (χ1n) is 7.13. The van der Waals surface area contributed by atoms with E-state index in [-0.39, 0.29) is 16.9 Å². The number of sulfonamides is 1. The van der Waals surface area contributed by atoms with Crippen LogP contribution in [0.4, 0.5) is 0 Å². The van der Waals surface area contributed by atoms with Gasteiger partial charge >= 0.3 is 0 Å². The molecule has 2 heterocycles. The van der Waals surface area contributed by atoms with Crippen LogP contribution in [0.15, 0.2) is 10.3 Å². The first-order valence-corrected chi connectivity index (χ1v) is 9.50. The Hall–Kier alpha value is -0.470. The van der Waals surface area contributed by atoms with E-state index in [9.17, 15) is 13.5 Å². The Bertz CT molecular complexity index is 587. The van der Waals surface area contributed by atoms with Crippen LogP contribution in [0, 0.1) is 12.3 Å². The van der Waals surface area contributed by atoms with Crippen LogP contribution < -0.4 is 4.72 Å². The Balaban J connectivity index is 2.10. The first-order chi connectivity index (χ1) is 9.77. The average molecular weight is 332 g/mol. The van der Waals surface area contributed by atoms with Crippen molar-refractivity contribution in [1.29, 1.82) is 0 Å². The van der Waals surface area contributed by atoms with Gasteiger partial charge in [-0.15, -0.1) is 11.3 Å². The molecule has 0 bridgehead atoms. The fourth-order valence-corrected chi connectivity index (χ4v) is 5.49. The van der Waals surface area contributed by atoms with Crippen LogP contribution in [0.1, 0.15) is 30.2 Å². The molecule has 1 aliphatic heterocycles. The summed E-state index contributed by atoms with van der Waals surface area (Å²) in [5.74, 6) is 0. The van der Waals surface area contributed by atoms with Gasteiger partial charge in [-0.05, 0) is 56.3 Å². The van der Waals surface area contributed by atoms with Gasteiger partial charge in [0, 0.05) is 6.54 Å². The number of hydrogen-bond donors (Lipinski definition) is 2. The number of aliphatic hydroxyl groups excluding tert-OH is 1. The van der Waals surface area contributed by atoms with Crippen molar-refractivity contribution in [2.75, 3.05) is 26.7 Å². The molecule has 1 aromatic rings. The third kappa shape index (κ3) is 3.84. The molecule has 120 valence electrons. The maximum atomic E-state index is 12.5. The smallest absolute Gasteiger partial charge is 0.242 e. The molecule has 0 aliphatic carbocycles. The summed E-state index contributed by atoms with van der Waals surface area (Å²) in [6, 6.07) is 0. The van der Waals surface area contributed by atoms with Gasteiger partial charge in [-0.25, -0.2) is 13.1 Å². The van der Waals surface area contributed by atoms with Gasteiger partial charge in [-0.1, -0.05) is 6.92 Å². The van der Waals surface area contributed by atoms with Crippen LogP contribution in [0.25, 0.3) is 0 Å². The number of nitrogens with one attached hydrogen (secondary N) is 1. The Morgan fingerprint density at radius 2 is 2.05 bits per heavy atom. The molecule has 0 aromatic carbocycles. The Morgan fingerprint density at radius 3 is 2.62 bits per heavy atom. The molecular formula is C14H24N2O3S2. The average Bonchev–Trinajstić information content (AvgIpc) is 2.82. The van der Waals surface area contributed by atoms with E-state index < -0.39 is 10.0 Å². The van der Waals surface area contributed by atoms with Crippen LogP contribution in [-0.2, 0) is 16.6 Å². The summed E-state index contributed by atoms with van der Waals surface area (Å²) in [7, 11) is -1.47. The van der Waals surface area contributed by atoms with Gasteiger partial charge in [-0.3, -0.25) is 0 Å². The molecule has 2 rings (SSSR count). The van der Waals surface area contributed by atoms with Crippen molar-refractivity contribution < 1.29 is 13.5 Å². The highest BCUT2D eigenvalue weighted by atomic mass is 32.2. The fraction of sp³-hybridized carbons (Fsp3) is 0.714. The van der Waals surface area contributed by atoms with Crippen LogP contribution in [0.5, 0.6) is 0 Å². The Morgan fingerprint density at radius 1 is 1.43 bits per heavy atom. The number of thiophene rings is 1. The van der Waals surface area contributed by atoms with Crippen LogP contribution in [-0.4, -0.2) is 45.1 Å². The third-order valence-electron chi connectivity index (χ3n) is 4.28. The van der Waals surface area contributed by atoms with Gasteiger partial charge in [0.15, 0.2) is 0 Å². The molecule has 0 spiro atoms. The number of aliphatic hydroxyl groups is 1. The van der Waals surface area contributed by atoms with Crippen molar-refractivity contribution in [3.63, 3.8) is 0 Å². The zero-order valence-electron chi connectivity index (χ0n) is 12.8. The van der Waals surface area contributed by atoms with E-state index in [2.05, 4.69) is 23.6 Å². The molecule has 0 amide bonds. The molecule has 2 N–H and O–H groups in total. The quantitative estimate of drug-likeness (QED) is 0.858. The topological polar surface area (TPSA) is 69.6 Å². The monoisotopic (exact) mass is 332 g/mol. The SMILES string of the molecule is Cc1csc(CO)c1S(=O)(=O)NCC1(C)CCN(C)CC1. The van der Waals surface area contributed by atoms with E-state index in [0.29, 0.717) is 17.0 Å². The summed E-state index contributed by atoms with van der Waals surface area (Å²) in [4.78, 5) is 3.03. The number of likely N-dealkylation sites (tertiary alicyclic amines) is 1. The summed E-state index contributed by atoms with van der Waals surface area (Å²) in [6.45, 7) is 6.10. The van der Waals surface area contributed by atoms with Gasteiger partial charge in [0.1, 0.15) is 4.90 Å². The number of rotatable bonds is 5. The predicted molar refractivity (Wildman–Crippen MR) is 85.0 cm³/mol. The molecule has 1 fully saturated rings. The molecule has 1 aromatic heterocycles. The van der Waals surface area contributed by atoms with Crippen molar-refractivity contribution in [3.05, 3.63) is 15.8 Å². The zero-order chi connectivity index (χ0) is 15.7. The molecule has 0 unspecified atom stereocenters. The number of piperidine rings is 1. The minimum Gasteiger partial charge on any atom is -0.391 e. The standard InChI is InChI=1S/C14H24N2O3S2/c1-11-9-20-12(8-17)13(11)21(18,19)15-10-14(2)4-6-16(3)7-5-14/h9,15,17H,4-8,10H2,1-3H3. The lowest BCUT2D eigenvalue weighted by molar-refractivity contribution is 0.143. The normalized spacial score (nSPS) is 19.8. The second-order valence-electron chi connectivity index (χ2n) is 6.27. The Labute approximate surface area is 131 Å². The molecule has 1 saturated heterocycles. The second kappa shape index (κ2) is 6.34. The summed E-state index contributed by atoms with van der Waals surface area (Å²) in [6.07, 6.45) is 1.98. The predicted octanol–water partition coefficient (Wildman–Crippen LogP) is 1.56. The van der Waals surface area contributed by atoms with Crippen LogP contribution in [0.3, 0.4) is 0 Å². The van der Waals surface area contributed by atoms with Crippen LogP contribution >= 0.6 is 11.3 Å². The molecular weight excluding hydrogens is 308 g/mol. The molecule has 0 atom stereocenters. The highest BCUT2D eigenvalue weighted by Gasteiger charge is 2.31. The highest BCUT2D eigenvalue weighted by Crippen LogP contribution is 2.31. The van der Waals surface area contributed by atoms with Gasteiger partial charge in [0.2, 0.25) is 10.0 Å². The lowest BCUT2D eigenvalue weighted by Gasteiger charge is -2.37. The van der Waals surface area contributed by atoms with E-state index in [1.54, 1.807) is 12.3 Å². The fourth-order valence-electron chi connectivity index (χ4n) is 2.63. The molecule has 0 saturated carbocycles. The second-order valence-corrected chi connectivity index (χ2v) is 8.94. The summed E-state index contributed by atoms with van der Waals surface area (Å²) in [5.41, 5.74) is 0.702. The minimum atomic E-state index is -3.55. The van der Waals surface area contributed by atoms with Gasteiger partial charge < -0.3 is 10.0 Å². The first kappa shape index (κ1) is 16.9. The molecule has 0 radical (unpaired) electrons. The number of nitrogens with zero attached hydrogens (tertiary/aromatic N) is 1. The molecule has 7 heteroatoms. The van der Waals surface area contributed by atoms with Gasteiger partial charge in [0.25, 0.3) is 0 Å². The van der Waals surface area contributed by atoms with Crippen LogP contribution in [0.2, 0.25) is 0 Å². The lowest BCUT2D eigenvalue weighted by Crippen LogP contribution is -2.43. The molecule has 21 heavy (non-hydrogen) atoms. The largest absolute Gasteiger partial charge is 0.391 e. The number of hydrogen-bond acceptors (Lipinski definition) is 5. The summed E-state index contributed by atoms with van der Waals surface area (Å²) < 4.78 is 27.8. The maximum Gasteiger partial charge on any atom is 0.242 e. The van der Waals surface area contributed by atoms with Crippen molar-refractivity contribution in [2.45, 2.75) is 38.2 Å². The summed E-state index contributed by atoms with van der Waals surface area (Å²) >= 11 is 1.29. The summed E-state index contributed by atoms with van der Waals surface area (Å²) in [5, 5.41) is 11.1. The van der Waals surface area contributed by atoms with E-state index in [4.69, 9.17) is 0 Å². The van der Waals surface area contributed by atoms with Crippen molar-refractivity contribution in [3.8, 4) is 0 Å². The Kier molecular flexibility index (Phi) is 5.10. The van der Waals surface area contributed by atoms with E-state index >= 15 is 0 Å². The molecule has 5 nitrogen and oxygen atoms in total. The minimum absolute atomic E-state index is 0.00286. The van der Waals surface area contributed by atoms with Crippen molar-refractivity contribution in [1.82, 2.24) is 9.62 Å². The van der Waals surface area contributed by atoms with E-state index in [1.165, 1.54) is 11.3 Å². The molecule has 1 aliphatic rings. The zero-order valence-corrected chi connectivity index (χ0v) is 14.5. The van der Waals surface area contributed by atoms with Crippen molar-refractivity contribution in [2.24, 2.45) is 5.41 Å². The number of aryl methyl sites for hydroxylation is 1. The lowest BCUT2D eigenvalue weighted by atomic mass is 9.81. The van der Waals surface area contributed by atoms with Crippen molar-refractivity contribution >= 4 is 21.4 Å². The highest BCUT2D eigenvalue weighted by molar-refractivity contribution is 7.89. The van der Waals surface area contributed by atoms with E-state index in [1.807, 2.05) is 0 Å². The van der Waals surface area contributed by atoms with Gasteiger partial charge in [-0.2, -0.15) is 0 Å².